The summed E-state index contributed by atoms with van der Waals surface area (Å²) in [6, 6.07) is 0. The second-order valence-electron chi connectivity index (χ2n) is 6.40. The topological polar surface area (TPSA) is 80.0 Å². The number of nitrogens with two attached hydrogens (primary N) is 1. The number of thiazole rings is 1. The number of carbonyl (C=O) groups excluding carboxylic acids is 1. The maximum Gasteiger partial charge on any atom is 0.265 e. The molecular formula is C14H26N4OS. The molecule has 0 atom stereocenters. The van der Waals surface area contributed by atoms with Crippen LogP contribution in [-0.2, 0) is 0 Å². The van der Waals surface area contributed by atoms with Crippen LogP contribution in [0.25, 0.3) is 0 Å². The molecule has 1 aromatic heterocycles. The fraction of sp³-hybridized carbons (Fsp3) is 0.714. The molecule has 20 heavy (non-hydrogen) atoms. The van der Waals surface area contributed by atoms with Gasteiger partial charge >= 0.3 is 0 Å². The van der Waals surface area contributed by atoms with Crippen molar-refractivity contribution in [3.05, 3.63) is 4.88 Å². The van der Waals surface area contributed by atoms with Gasteiger partial charge in [-0.15, -0.1) is 0 Å². The standard InChI is InChI=1S/C14H26N4OS/c1-9(2)7-6-8-16-12(19)10-11(15)17-13(20-10)18-14(3,4)5/h9H,6-8,15H2,1-5H3,(H,16,19)(H,17,18). The van der Waals surface area contributed by atoms with Crippen LogP contribution >= 0.6 is 11.3 Å². The Bertz CT molecular complexity index is 449. The van der Waals surface area contributed by atoms with Gasteiger partial charge in [-0.3, -0.25) is 4.79 Å². The highest BCUT2D eigenvalue weighted by Crippen LogP contribution is 2.27. The predicted octanol–water partition coefficient (Wildman–Crippen LogP) is 3.10. The van der Waals surface area contributed by atoms with Gasteiger partial charge in [0.2, 0.25) is 0 Å². The average molecular weight is 298 g/mol. The zero-order valence-corrected chi connectivity index (χ0v) is 13.9. The molecule has 0 aliphatic carbocycles. The van der Waals surface area contributed by atoms with Gasteiger partial charge in [0.25, 0.3) is 5.91 Å². The molecule has 0 unspecified atom stereocenters. The first-order valence-corrected chi connectivity index (χ1v) is 7.83. The van der Waals surface area contributed by atoms with Crippen LogP contribution in [0, 0.1) is 5.92 Å². The van der Waals surface area contributed by atoms with E-state index in [1.54, 1.807) is 0 Å². The molecule has 0 aromatic carbocycles. The smallest absolute Gasteiger partial charge is 0.265 e. The van der Waals surface area contributed by atoms with Crippen molar-refractivity contribution in [2.45, 2.75) is 53.0 Å². The van der Waals surface area contributed by atoms with Gasteiger partial charge in [0.15, 0.2) is 5.13 Å². The van der Waals surface area contributed by atoms with Crippen LogP contribution in [-0.4, -0.2) is 23.0 Å². The third-order valence-electron chi connectivity index (χ3n) is 2.59. The number of nitrogen functional groups attached to an aromatic ring is 1. The van der Waals surface area contributed by atoms with E-state index in [-0.39, 0.29) is 11.4 Å². The molecule has 0 radical (unpaired) electrons. The van der Waals surface area contributed by atoms with Gasteiger partial charge in [-0.1, -0.05) is 25.2 Å². The van der Waals surface area contributed by atoms with Gasteiger partial charge in [0, 0.05) is 12.1 Å². The van der Waals surface area contributed by atoms with Crippen LogP contribution in [0.15, 0.2) is 0 Å². The average Bonchev–Trinajstić information content (AvgIpc) is 2.62. The van der Waals surface area contributed by atoms with Gasteiger partial charge in [0.05, 0.1) is 0 Å². The minimum Gasteiger partial charge on any atom is -0.382 e. The molecule has 0 bridgehead atoms. The van der Waals surface area contributed by atoms with E-state index in [4.69, 9.17) is 5.73 Å². The highest BCUT2D eigenvalue weighted by atomic mass is 32.1. The third-order valence-corrected chi connectivity index (χ3v) is 3.57. The molecule has 0 aliphatic heterocycles. The number of aromatic nitrogens is 1. The minimum atomic E-state index is -0.134. The lowest BCUT2D eigenvalue weighted by atomic mass is 10.1. The van der Waals surface area contributed by atoms with E-state index in [9.17, 15) is 4.79 Å². The Balaban J connectivity index is 2.56. The molecule has 5 nitrogen and oxygen atoms in total. The first kappa shape index (κ1) is 16.8. The molecule has 1 aromatic rings. The summed E-state index contributed by atoms with van der Waals surface area (Å²) in [5.74, 6) is 0.816. The van der Waals surface area contributed by atoms with Gasteiger partial charge in [-0.05, 0) is 39.5 Å². The summed E-state index contributed by atoms with van der Waals surface area (Å²) in [5, 5.41) is 6.80. The molecular weight excluding hydrogens is 272 g/mol. The second-order valence-corrected chi connectivity index (χ2v) is 7.40. The molecule has 4 N–H and O–H groups in total. The summed E-state index contributed by atoms with van der Waals surface area (Å²) in [7, 11) is 0. The van der Waals surface area contributed by atoms with Crippen molar-refractivity contribution in [3.63, 3.8) is 0 Å². The van der Waals surface area contributed by atoms with Crippen LogP contribution in [0.5, 0.6) is 0 Å². The van der Waals surface area contributed by atoms with E-state index >= 15 is 0 Å². The summed E-state index contributed by atoms with van der Waals surface area (Å²) >= 11 is 1.30. The fourth-order valence-corrected chi connectivity index (χ4v) is 2.67. The van der Waals surface area contributed by atoms with Gasteiger partial charge in [-0.2, -0.15) is 0 Å². The Morgan fingerprint density at radius 1 is 1.40 bits per heavy atom. The quantitative estimate of drug-likeness (QED) is 0.705. The maximum absolute atomic E-state index is 12.0. The number of amides is 1. The van der Waals surface area contributed by atoms with Crippen molar-refractivity contribution in [2.24, 2.45) is 5.92 Å². The Morgan fingerprint density at radius 2 is 2.05 bits per heavy atom. The number of rotatable bonds is 6. The van der Waals surface area contributed by atoms with E-state index in [0.717, 1.165) is 12.8 Å². The first-order valence-electron chi connectivity index (χ1n) is 7.01. The Labute approximate surface area is 125 Å². The molecule has 6 heteroatoms. The lowest BCUT2D eigenvalue weighted by molar-refractivity contribution is 0.0957. The maximum atomic E-state index is 12.0. The number of nitrogens with one attached hydrogen (secondary N) is 2. The number of anilines is 2. The molecule has 0 spiro atoms. The largest absolute Gasteiger partial charge is 0.382 e. The van der Waals surface area contributed by atoms with Crippen LogP contribution in [0.4, 0.5) is 10.9 Å². The summed E-state index contributed by atoms with van der Waals surface area (Å²) < 4.78 is 0. The SMILES string of the molecule is CC(C)CCCNC(=O)c1sc(NC(C)(C)C)nc1N. The molecule has 1 heterocycles. The molecule has 0 saturated heterocycles. The van der Waals surface area contributed by atoms with Gasteiger partial charge < -0.3 is 16.4 Å². The van der Waals surface area contributed by atoms with Crippen molar-refractivity contribution in [2.75, 3.05) is 17.6 Å². The van der Waals surface area contributed by atoms with Gasteiger partial charge in [-0.25, -0.2) is 4.98 Å². The van der Waals surface area contributed by atoms with E-state index in [1.165, 1.54) is 11.3 Å². The molecule has 0 aliphatic rings. The summed E-state index contributed by atoms with van der Waals surface area (Å²) in [5.41, 5.74) is 5.71. The Kier molecular flexibility index (Phi) is 5.80. The second kappa shape index (κ2) is 6.92. The highest BCUT2D eigenvalue weighted by molar-refractivity contribution is 7.18. The number of carbonyl (C=O) groups is 1. The number of hydrogen-bond acceptors (Lipinski definition) is 5. The fourth-order valence-electron chi connectivity index (χ4n) is 1.66. The zero-order chi connectivity index (χ0) is 15.3. The lowest BCUT2D eigenvalue weighted by Crippen LogP contribution is -2.25. The molecule has 1 amide bonds. The van der Waals surface area contributed by atoms with Crippen molar-refractivity contribution in [1.29, 1.82) is 0 Å². The van der Waals surface area contributed by atoms with E-state index in [1.807, 2.05) is 20.8 Å². The Hall–Kier alpha value is -1.30. The third kappa shape index (κ3) is 5.77. The van der Waals surface area contributed by atoms with Gasteiger partial charge in [0.1, 0.15) is 10.7 Å². The highest BCUT2D eigenvalue weighted by Gasteiger charge is 2.18. The van der Waals surface area contributed by atoms with Crippen molar-refractivity contribution >= 4 is 28.2 Å². The van der Waals surface area contributed by atoms with Crippen molar-refractivity contribution < 1.29 is 4.79 Å². The van der Waals surface area contributed by atoms with Crippen LogP contribution in [0.2, 0.25) is 0 Å². The summed E-state index contributed by atoms with van der Waals surface area (Å²) in [6.45, 7) is 11.1. The summed E-state index contributed by atoms with van der Waals surface area (Å²) in [4.78, 5) is 16.7. The minimum absolute atomic E-state index is 0.102. The van der Waals surface area contributed by atoms with E-state index < -0.39 is 0 Å². The predicted molar refractivity (Wildman–Crippen MR) is 86.3 cm³/mol. The molecule has 114 valence electrons. The van der Waals surface area contributed by atoms with Crippen LogP contribution in [0.1, 0.15) is 57.1 Å². The molecule has 0 saturated carbocycles. The molecule has 1 rings (SSSR count). The first-order chi connectivity index (χ1) is 9.19. The van der Waals surface area contributed by atoms with Crippen molar-refractivity contribution in [1.82, 2.24) is 10.3 Å². The molecule has 0 fully saturated rings. The number of nitrogens with zero attached hydrogens (tertiary/aromatic N) is 1. The summed E-state index contributed by atoms with van der Waals surface area (Å²) in [6.07, 6.45) is 2.09. The monoisotopic (exact) mass is 298 g/mol. The van der Waals surface area contributed by atoms with Crippen LogP contribution in [0.3, 0.4) is 0 Å². The normalized spacial score (nSPS) is 11.7. The Morgan fingerprint density at radius 3 is 2.60 bits per heavy atom. The zero-order valence-electron chi connectivity index (χ0n) is 13.0. The van der Waals surface area contributed by atoms with E-state index in [2.05, 4.69) is 29.5 Å². The van der Waals surface area contributed by atoms with E-state index in [0.29, 0.717) is 28.3 Å². The number of hydrogen-bond donors (Lipinski definition) is 3. The van der Waals surface area contributed by atoms with Crippen molar-refractivity contribution in [3.8, 4) is 0 Å². The van der Waals surface area contributed by atoms with Crippen LogP contribution < -0.4 is 16.4 Å². The lowest BCUT2D eigenvalue weighted by Gasteiger charge is -2.19.